The Morgan fingerprint density at radius 1 is 1.30 bits per heavy atom. The molecule has 3 rings (SSSR count). The number of hydrogen-bond donors (Lipinski definition) is 0. The average molecular weight is 266 g/mol. The summed E-state index contributed by atoms with van der Waals surface area (Å²) in [7, 11) is 0. The van der Waals surface area contributed by atoms with Crippen LogP contribution in [0.2, 0.25) is 0 Å². The minimum Gasteiger partial charge on any atom is -0.272 e. The zero-order valence-corrected chi connectivity index (χ0v) is 10.9. The van der Waals surface area contributed by atoms with Gasteiger partial charge in [0.1, 0.15) is 12.1 Å². The second kappa shape index (κ2) is 4.95. The van der Waals surface area contributed by atoms with Gasteiger partial charge in [-0.2, -0.15) is 5.26 Å². The standard InChI is InChI=1S/C16H14N2O2/c17-11-13-6-8-16(9-7-13)10-15(19)18(16)20-12-14-4-2-1-3-5-14/h1-9,13H,10,12H2. The molecule has 1 fully saturated rings. The van der Waals surface area contributed by atoms with Crippen molar-refractivity contribution in [1.29, 1.82) is 5.26 Å². The molecule has 0 radical (unpaired) electrons. The van der Waals surface area contributed by atoms with Crippen LogP contribution in [0.4, 0.5) is 0 Å². The van der Waals surface area contributed by atoms with E-state index in [0.717, 1.165) is 5.56 Å². The molecule has 2 aliphatic rings. The SMILES string of the molecule is N#CC1C=CC2(C=C1)CC(=O)N2OCc1ccccc1. The predicted molar refractivity (Wildman–Crippen MR) is 72.8 cm³/mol. The van der Waals surface area contributed by atoms with Gasteiger partial charge in [0, 0.05) is 0 Å². The topological polar surface area (TPSA) is 53.3 Å². The van der Waals surface area contributed by atoms with Crippen LogP contribution in [0.15, 0.2) is 54.6 Å². The number of benzene rings is 1. The van der Waals surface area contributed by atoms with Crippen molar-refractivity contribution in [2.24, 2.45) is 5.92 Å². The van der Waals surface area contributed by atoms with Crippen LogP contribution in [0.25, 0.3) is 0 Å². The van der Waals surface area contributed by atoms with Gasteiger partial charge >= 0.3 is 0 Å². The maximum Gasteiger partial charge on any atom is 0.250 e. The summed E-state index contributed by atoms with van der Waals surface area (Å²) in [5.74, 6) is -0.252. The molecule has 1 saturated heterocycles. The fourth-order valence-corrected chi connectivity index (χ4v) is 2.43. The summed E-state index contributed by atoms with van der Waals surface area (Å²) in [5.41, 5.74) is 0.514. The molecule has 4 heteroatoms. The number of nitrogens with zero attached hydrogens (tertiary/aromatic N) is 2. The molecule has 0 unspecified atom stereocenters. The molecule has 1 heterocycles. The maximum absolute atomic E-state index is 11.7. The third kappa shape index (κ3) is 2.13. The van der Waals surface area contributed by atoms with Crippen LogP contribution in [0.1, 0.15) is 12.0 Å². The lowest BCUT2D eigenvalue weighted by molar-refractivity contribution is -0.242. The van der Waals surface area contributed by atoms with E-state index in [9.17, 15) is 4.79 Å². The molecule has 0 saturated carbocycles. The van der Waals surface area contributed by atoms with Crippen LogP contribution in [-0.4, -0.2) is 16.5 Å². The lowest BCUT2D eigenvalue weighted by Crippen LogP contribution is -2.61. The Hall–Kier alpha value is -2.38. The number of hydrogen-bond acceptors (Lipinski definition) is 3. The molecular weight excluding hydrogens is 252 g/mol. The van der Waals surface area contributed by atoms with E-state index in [4.69, 9.17) is 10.1 Å². The summed E-state index contributed by atoms with van der Waals surface area (Å²) in [5, 5.41) is 10.3. The van der Waals surface area contributed by atoms with E-state index in [-0.39, 0.29) is 11.8 Å². The van der Waals surface area contributed by atoms with Crippen molar-refractivity contribution < 1.29 is 9.63 Å². The molecule has 0 atom stereocenters. The lowest BCUT2D eigenvalue weighted by Gasteiger charge is -2.47. The molecular formula is C16H14N2O2. The van der Waals surface area contributed by atoms with E-state index in [2.05, 4.69) is 6.07 Å². The molecule has 20 heavy (non-hydrogen) atoms. The van der Waals surface area contributed by atoms with Gasteiger partial charge in [0.15, 0.2) is 0 Å². The first-order valence-electron chi connectivity index (χ1n) is 6.52. The second-order valence-corrected chi connectivity index (χ2v) is 4.99. The van der Waals surface area contributed by atoms with Crippen molar-refractivity contribution in [2.75, 3.05) is 0 Å². The van der Waals surface area contributed by atoms with Gasteiger partial charge in [-0.3, -0.25) is 9.63 Å². The summed E-state index contributed by atoms with van der Waals surface area (Å²) in [6.07, 6.45) is 7.78. The van der Waals surface area contributed by atoms with Crippen molar-refractivity contribution in [3.05, 3.63) is 60.2 Å². The summed E-state index contributed by atoms with van der Waals surface area (Å²) in [6.45, 7) is 0.359. The van der Waals surface area contributed by atoms with Gasteiger partial charge in [0.05, 0.1) is 18.4 Å². The smallest absolute Gasteiger partial charge is 0.250 e. The fourth-order valence-electron chi connectivity index (χ4n) is 2.43. The molecule has 0 aromatic heterocycles. The van der Waals surface area contributed by atoms with Gasteiger partial charge in [0.25, 0.3) is 0 Å². The number of nitriles is 1. The van der Waals surface area contributed by atoms with Crippen molar-refractivity contribution in [3.8, 4) is 6.07 Å². The van der Waals surface area contributed by atoms with Crippen LogP contribution in [0, 0.1) is 17.2 Å². The van der Waals surface area contributed by atoms with Crippen LogP contribution in [0.5, 0.6) is 0 Å². The molecule has 1 amide bonds. The van der Waals surface area contributed by atoms with Gasteiger partial charge in [-0.15, -0.1) is 0 Å². The Bertz CT molecular complexity index is 599. The zero-order chi connectivity index (χ0) is 14.0. The number of β-lactam (4-membered cyclic amide) rings is 1. The lowest BCUT2D eigenvalue weighted by atomic mass is 9.81. The molecule has 1 spiro atoms. The number of allylic oxidation sites excluding steroid dienone is 2. The van der Waals surface area contributed by atoms with Crippen LogP contribution < -0.4 is 0 Å². The summed E-state index contributed by atoms with van der Waals surface area (Å²) in [4.78, 5) is 17.4. The number of carbonyl (C=O) groups excluding carboxylic acids is 1. The van der Waals surface area contributed by atoms with E-state index in [1.807, 2.05) is 54.6 Å². The monoisotopic (exact) mass is 266 g/mol. The molecule has 1 aromatic carbocycles. The first-order chi connectivity index (χ1) is 9.73. The Morgan fingerprint density at radius 3 is 2.60 bits per heavy atom. The van der Waals surface area contributed by atoms with Gasteiger partial charge in [-0.05, 0) is 5.56 Å². The Balaban J connectivity index is 1.69. The second-order valence-electron chi connectivity index (χ2n) is 4.99. The minimum absolute atomic E-state index is 0.0364. The highest BCUT2D eigenvalue weighted by Gasteiger charge is 2.49. The maximum atomic E-state index is 11.7. The minimum atomic E-state index is -0.501. The van der Waals surface area contributed by atoms with Crippen molar-refractivity contribution >= 4 is 5.91 Å². The molecule has 4 nitrogen and oxygen atoms in total. The van der Waals surface area contributed by atoms with Gasteiger partial charge in [0.2, 0.25) is 5.91 Å². The quantitative estimate of drug-likeness (QED) is 0.623. The Kier molecular flexibility index (Phi) is 3.13. The van der Waals surface area contributed by atoms with Gasteiger partial charge in [-0.25, -0.2) is 5.06 Å². The summed E-state index contributed by atoms with van der Waals surface area (Å²) >= 11 is 0. The Labute approximate surface area is 117 Å². The first kappa shape index (κ1) is 12.6. The third-order valence-electron chi connectivity index (χ3n) is 3.58. The van der Waals surface area contributed by atoms with E-state index in [0.29, 0.717) is 13.0 Å². The zero-order valence-electron chi connectivity index (χ0n) is 10.9. The largest absolute Gasteiger partial charge is 0.272 e. The highest BCUT2D eigenvalue weighted by molar-refractivity contribution is 5.86. The number of carbonyl (C=O) groups is 1. The van der Waals surface area contributed by atoms with Crippen LogP contribution >= 0.6 is 0 Å². The highest BCUT2D eigenvalue weighted by Crippen LogP contribution is 2.38. The van der Waals surface area contributed by atoms with Gasteiger partial charge in [-0.1, -0.05) is 54.6 Å². The highest BCUT2D eigenvalue weighted by atomic mass is 16.7. The number of rotatable bonds is 3. The average Bonchev–Trinajstić information content (AvgIpc) is 2.49. The van der Waals surface area contributed by atoms with Crippen molar-refractivity contribution in [1.82, 2.24) is 5.06 Å². The van der Waals surface area contributed by atoms with E-state index >= 15 is 0 Å². The van der Waals surface area contributed by atoms with Crippen molar-refractivity contribution in [2.45, 2.75) is 18.6 Å². The number of hydroxylamine groups is 2. The molecule has 100 valence electrons. The van der Waals surface area contributed by atoms with E-state index in [1.165, 1.54) is 5.06 Å². The first-order valence-corrected chi connectivity index (χ1v) is 6.52. The molecule has 1 aliphatic carbocycles. The van der Waals surface area contributed by atoms with E-state index in [1.54, 1.807) is 0 Å². The van der Waals surface area contributed by atoms with Gasteiger partial charge < -0.3 is 0 Å². The third-order valence-corrected chi connectivity index (χ3v) is 3.58. The van der Waals surface area contributed by atoms with Crippen molar-refractivity contribution in [3.63, 3.8) is 0 Å². The summed E-state index contributed by atoms with van der Waals surface area (Å²) < 4.78 is 0. The Morgan fingerprint density at radius 2 is 2.00 bits per heavy atom. The van der Waals surface area contributed by atoms with Crippen LogP contribution in [0.3, 0.4) is 0 Å². The van der Waals surface area contributed by atoms with E-state index < -0.39 is 5.54 Å². The molecule has 0 N–H and O–H groups in total. The number of amides is 1. The fraction of sp³-hybridized carbons (Fsp3) is 0.250. The normalized spacial score (nSPS) is 27.4. The molecule has 1 aromatic rings. The van der Waals surface area contributed by atoms with Crippen LogP contribution in [-0.2, 0) is 16.2 Å². The predicted octanol–water partition coefficient (Wildman–Crippen LogP) is 2.36. The summed E-state index contributed by atoms with van der Waals surface area (Å²) in [6, 6.07) is 11.9. The molecule has 0 bridgehead atoms. The molecule has 1 aliphatic heterocycles.